The average Bonchev–Trinajstić information content (AvgIpc) is 2.88. The Kier molecular flexibility index (Phi) is 3.24. The quantitative estimate of drug-likeness (QED) is 0.784. The second-order valence-electron chi connectivity index (χ2n) is 4.71. The molecular formula is C16H13F2NO. The highest BCUT2D eigenvalue weighted by Gasteiger charge is 2.16. The Bertz CT molecular complexity index is 751. The van der Waals surface area contributed by atoms with Gasteiger partial charge in [-0.15, -0.1) is 0 Å². The maximum atomic E-state index is 13.7. The maximum Gasteiger partial charge on any atom is 0.162 e. The predicted octanol–water partition coefficient (Wildman–Crippen LogP) is 3.95. The largest absolute Gasteiger partial charge is 0.464 e. The molecule has 0 saturated carbocycles. The van der Waals surface area contributed by atoms with Gasteiger partial charge in [-0.3, -0.25) is 0 Å². The highest BCUT2D eigenvalue weighted by atomic mass is 19.2. The van der Waals surface area contributed by atoms with E-state index in [0.717, 1.165) is 22.6 Å². The molecule has 1 heterocycles. The SMILES string of the molecule is NC(Cc1cccc(F)c1F)c1coc2ccccc12. The number of fused-ring (bicyclic) bond motifs is 1. The van der Waals surface area contributed by atoms with Gasteiger partial charge in [0.1, 0.15) is 5.58 Å². The lowest BCUT2D eigenvalue weighted by molar-refractivity contribution is 0.493. The molecule has 0 saturated heterocycles. The summed E-state index contributed by atoms with van der Waals surface area (Å²) in [7, 11) is 0. The molecule has 0 radical (unpaired) electrons. The van der Waals surface area contributed by atoms with E-state index >= 15 is 0 Å². The molecule has 0 bridgehead atoms. The number of benzene rings is 2. The molecule has 0 aliphatic rings. The Morgan fingerprint density at radius 3 is 2.70 bits per heavy atom. The van der Waals surface area contributed by atoms with Crippen molar-refractivity contribution in [2.45, 2.75) is 12.5 Å². The molecule has 20 heavy (non-hydrogen) atoms. The molecular weight excluding hydrogens is 260 g/mol. The first-order valence-corrected chi connectivity index (χ1v) is 6.31. The van der Waals surface area contributed by atoms with Crippen molar-refractivity contribution in [3.05, 3.63) is 71.5 Å². The van der Waals surface area contributed by atoms with E-state index in [4.69, 9.17) is 10.2 Å². The monoisotopic (exact) mass is 273 g/mol. The molecule has 102 valence electrons. The summed E-state index contributed by atoms with van der Waals surface area (Å²) < 4.78 is 32.3. The first-order valence-electron chi connectivity index (χ1n) is 6.31. The third-order valence-electron chi connectivity index (χ3n) is 3.38. The summed E-state index contributed by atoms with van der Waals surface area (Å²) in [5.74, 6) is -1.69. The number of furan rings is 1. The minimum atomic E-state index is -0.855. The first kappa shape index (κ1) is 12.8. The zero-order chi connectivity index (χ0) is 14.1. The van der Waals surface area contributed by atoms with Crippen molar-refractivity contribution < 1.29 is 13.2 Å². The Hall–Kier alpha value is -2.20. The average molecular weight is 273 g/mol. The van der Waals surface area contributed by atoms with Gasteiger partial charge in [0.05, 0.1) is 6.26 Å². The van der Waals surface area contributed by atoms with Crippen molar-refractivity contribution >= 4 is 11.0 Å². The smallest absolute Gasteiger partial charge is 0.162 e. The van der Waals surface area contributed by atoms with Gasteiger partial charge >= 0.3 is 0 Å². The summed E-state index contributed by atoms with van der Waals surface area (Å²) >= 11 is 0. The molecule has 0 spiro atoms. The van der Waals surface area contributed by atoms with Crippen LogP contribution in [-0.2, 0) is 6.42 Å². The second kappa shape index (κ2) is 5.06. The Balaban J connectivity index is 1.93. The van der Waals surface area contributed by atoms with E-state index in [1.807, 2.05) is 24.3 Å². The predicted molar refractivity (Wildman–Crippen MR) is 73.2 cm³/mol. The lowest BCUT2D eigenvalue weighted by Crippen LogP contribution is -2.14. The molecule has 1 atom stereocenters. The molecule has 1 aromatic heterocycles. The van der Waals surface area contributed by atoms with Crippen LogP contribution in [0.1, 0.15) is 17.2 Å². The fourth-order valence-electron chi connectivity index (χ4n) is 2.34. The fraction of sp³-hybridized carbons (Fsp3) is 0.125. The van der Waals surface area contributed by atoms with Crippen LogP contribution in [0.3, 0.4) is 0 Å². The Morgan fingerprint density at radius 1 is 1.05 bits per heavy atom. The number of halogens is 2. The molecule has 4 heteroatoms. The first-order chi connectivity index (χ1) is 9.66. The number of para-hydroxylation sites is 1. The highest BCUT2D eigenvalue weighted by molar-refractivity contribution is 5.81. The molecule has 2 nitrogen and oxygen atoms in total. The Labute approximate surface area is 114 Å². The lowest BCUT2D eigenvalue weighted by Gasteiger charge is -2.11. The standard InChI is InChI=1S/C16H13F2NO/c17-13-6-3-4-10(16(13)18)8-14(19)12-9-20-15-7-2-1-5-11(12)15/h1-7,9,14H,8,19H2. The topological polar surface area (TPSA) is 39.2 Å². The third kappa shape index (κ3) is 2.18. The van der Waals surface area contributed by atoms with E-state index in [1.54, 1.807) is 12.3 Å². The van der Waals surface area contributed by atoms with E-state index in [1.165, 1.54) is 6.07 Å². The van der Waals surface area contributed by atoms with Gasteiger partial charge in [-0.2, -0.15) is 0 Å². The number of nitrogens with two attached hydrogens (primary N) is 1. The maximum absolute atomic E-state index is 13.7. The molecule has 2 N–H and O–H groups in total. The number of hydrogen-bond acceptors (Lipinski definition) is 2. The van der Waals surface area contributed by atoms with E-state index < -0.39 is 17.7 Å². The summed E-state index contributed by atoms with van der Waals surface area (Å²) in [6.07, 6.45) is 1.79. The summed E-state index contributed by atoms with van der Waals surface area (Å²) in [4.78, 5) is 0. The minimum absolute atomic E-state index is 0.215. The van der Waals surface area contributed by atoms with Crippen LogP contribution in [0.15, 0.2) is 53.1 Å². The van der Waals surface area contributed by atoms with Crippen LogP contribution in [0.2, 0.25) is 0 Å². The molecule has 3 rings (SSSR count). The molecule has 0 amide bonds. The summed E-state index contributed by atoms with van der Waals surface area (Å²) in [5, 5.41) is 0.900. The molecule has 0 aliphatic carbocycles. The van der Waals surface area contributed by atoms with Crippen LogP contribution in [0.25, 0.3) is 11.0 Å². The molecule has 0 aliphatic heterocycles. The van der Waals surface area contributed by atoms with Crippen LogP contribution in [-0.4, -0.2) is 0 Å². The zero-order valence-electron chi connectivity index (χ0n) is 10.6. The lowest BCUT2D eigenvalue weighted by atomic mass is 9.99. The second-order valence-corrected chi connectivity index (χ2v) is 4.71. The van der Waals surface area contributed by atoms with E-state index in [0.29, 0.717) is 0 Å². The van der Waals surface area contributed by atoms with Crippen LogP contribution in [0, 0.1) is 11.6 Å². The van der Waals surface area contributed by atoms with Gasteiger partial charge in [0, 0.05) is 17.0 Å². The van der Waals surface area contributed by atoms with Crippen molar-refractivity contribution in [2.75, 3.05) is 0 Å². The van der Waals surface area contributed by atoms with Crippen molar-refractivity contribution in [1.29, 1.82) is 0 Å². The van der Waals surface area contributed by atoms with Crippen molar-refractivity contribution in [3.63, 3.8) is 0 Å². The zero-order valence-corrected chi connectivity index (χ0v) is 10.6. The van der Waals surface area contributed by atoms with E-state index in [9.17, 15) is 8.78 Å². The summed E-state index contributed by atoms with van der Waals surface area (Å²) in [5.41, 5.74) is 7.90. The van der Waals surface area contributed by atoms with Gasteiger partial charge in [0.15, 0.2) is 11.6 Å². The molecule has 3 aromatic rings. The van der Waals surface area contributed by atoms with E-state index in [2.05, 4.69) is 0 Å². The van der Waals surface area contributed by atoms with Gasteiger partial charge in [-0.05, 0) is 24.1 Å². The summed E-state index contributed by atoms with van der Waals surface area (Å²) in [6.45, 7) is 0. The number of hydrogen-bond donors (Lipinski definition) is 1. The van der Waals surface area contributed by atoms with Gasteiger partial charge in [-0.1, -0.05) is 30.3 Å². The van der Waals surface area contributed by atoms with Crippen molar-refractivity contribution in [2.24, 2.45) is 5.73 Å². The van der Waals surface area contributed by atoms with Crippen molar-refractivity contribution in [3.8, 4) is 0 Å². The third-order valence-corrected chi connectivity index (χ3v) is 3.38. The minimum Gasteiger partial charge on any atom is -0.464 e. The van der Waals surface area contributed by atoms with Crippen LogP contribution < -0.4 is 5.73 Å². The van der Waals surface area contributed by atoms with Gasteiger partial charge in [0.25, 0.3) is 0 Å². The Morgan fingerprint density at radius 2 is 1.85 bits per heavy atom. The fourth-order valence-corrected chi connectivity index (χ4v) is 2.34. The van der Waals surface area contributed by atoms with Crippen LogP contribution in [0.5, 0.6) is 0 Å². The molecule has 1 unspecified atom stereocenters. The summed E-state index contributed by atoms with van der Waals surface area (Å²) in [6, 6.07) is 11.2. The van der Waals surface area contributed by atoms with Gasteiger partial charge < -0.3 is 10.2 Å². The molecule has 0 fully saturated rings. The highest BCUT2D eigenvalue weighted by Crippen LogP contribution is 2.27. The van der Waals surface area contributed by atoms with E-state index in [-0.39, 0.29) is 12.0 Å². The molecule has 2 aromatic carbocycles. The van der Waals surface area contributed by atoms with Crippen LogP contribution >= 0.6 is 0 Å². The van der Waals surface area contributed by atoms with Gasteiger partial charge in [-0.25, -0.2) is 8.78 Å². The van der Waals surface area contributed by atoms with Gasteiger partial charge in [0.2, 0.25) is 0 Å². The van der Waals surface area contributed by atoms with Crippen molar-refractivity contribution in [1.82, 2.24) is 0 Å². The normalized spacial score (nSPS) is 12.8. The number of rotatable bonds is 3. The van der Waals surface area contributed by atoms with Crippen LogP contribution in [0.4, 0.5) is 8.78 Å².